The smallest absolute Gasteiger partial charge is 0.320 e. The van der Waals surface area contributed by atoms with Gasteiger partial charge in [0.15, 0.2) is 5.54 Å². The van der Waals surface area contributed by atoms with E-state index in [-0.39, 0.29) is 19.3 Å². The van der Waals surface area contributed by atoms with Gasteiger partial charge in [-0.15, -0.1) is 0 Å². The molecule has 0 aliphatic heterocycles. The molecular formula is C12H16N4O4. The first-order valence-electron chi connectivity index (χ1n) is 5.91. The molecule has 0 aliphatic rings. The van der Waals surface area contributed by atoms with Crippen molar-refractivity contribution in [1.82, 2.24) is 0 Å². The van der Waals surface area contributed by atoms with Gasteiger partial charge >= 0.3 is 11.9 Å². The minimum Gasteiger partial charge on any atom is -0.481 e. The van der Waals surface area contributed by atoms with Crippen LogP contribution in [0.4, 0.5) is 0 Å². The van der Waals surface area contributed by atoms with E-state index in [1.54, 1.807) is 13.0 Å². The van der Waals surface area contributed by atoms with Gasteiger partial charge in [0.25, 0.3) is 0 Å². The third-order valence-corrected chi connectivity index (χ3v) is 2.57. The lowest BCUT2D eigenvalue weighted by atomic mass is 9.99. The molecular weight excluding hydrogens is 264 g/mol. The van der Waals surface area contributed by atoms with Gasteiger partial charge in [0.2, 0.25) is 0 Å². The summed E-state index contributed by atoms with van der Waals surface area (Å²) in [5.74, 6) is -3.45. The molecule has 0 saturated heterocycles. The third kappa shape index (κ3) is 6.45. The molecule has 3 unspecified atom stereocenters. The largest absolute Gasteiger partial charge is 0.481 e. The molecule has 0 fully saturated rings. The van der Waals surface area contributed by atoms with E-state index in [9.17, 15) is 9.59 Å². The van der Waals surface area contributed by atoms with Gasteiger partial charge in [-0.3, -0.25) is 9.59 Å². The minimum absolute atomic E-state index is 0.00959. The van der Waals surface area contributed by atoms with E-state index in [1.807, 2.05) is 6.07 Å². The van der Waals surface area contributed by atoms with Crippen molar-refractivity contribution >= 4 is 11.9 Å². The van der Waals surface area contributed by atoms with Crippen LogP contribution in [0.5, 0.6) is 0 Å². The van der Waals surface area contributed by atoms with Gasteiger partial charge in [0, 0.05) is 6.42 Å². The Labute approximate surface area is 116 Å². The fourth-order valence-electron chi connectivity index (χ4n) is 1.30. The van der Waals surface area contributed by atoms with Gasteiger partial charge in [-0.05, 0) is 26.7 Å². The summed E-state index contributed by atoms with van der Waals surface area (Å²) in [7, 11) is 0. The second kappa shape index (κ2) is 7.85. The molecule has 0 saturated carbocycles. The lowest BCUT2D eigenvalue weighted by molar-refractivity contribution is -0.140. The number of carboxylic acid groups (broad SMARTS) is 2. The molecule has 0 heterocycles. The Morgan fingerprint density at radius 3 is 2.35 bits per heavy atom. The van der Waals surface area contributed by atoms with Gasteiger partial charge in [0.05, 0.1) is 18.2 Å². The summed E-state index contributed by atoms with van der Waals surface area (Å²) in [6.07, 6.45) is -0.223. The lowest BCUT2D eigenvalue weighted by Gasteiger charge is -2.15. The molecule has 0 aromatic carbocycles. The first kappa shape index (κ1) is 17.5. The summed E-state index contributed by atoms with van der Waals surface area (Å²) in [5, 5.41) is 42.5. The molecule has 0 aromatic rings. The van der Waals surface area contributed by atoms with Gasteiger partial charge in [0.1, 0.15) is 5.92 Å². The highest BCUT2D eigenvalue weighted by Crippen LogP contribution is 2.19. The molecule has 0 spiro atoms. The highest BCUT2D eigenvalue weighted by atomic mass is 16.4. The minimum atomic E-state index is -1.27. The maximum Gasteiger partial charge on any atom is 0.320 e. The predicted octanol–water partition coefficient (Wildman–Crippen LogP) is 1.59. The second-order valence-electron chi connectivity index (χ2n) is 4.60. The van der Waals surface area contributed by atoms with E-state index in [1.165, 1.54) is 6.92 Å². The van der Waals surface area contributed by atoms with E-state index in [0.717, 1.165) is 0 Å². The summed E-state index contributed by atoms with van der Waals surface area (Å²) in [5.41, 5.74) is -1.27. The Kier molecular flexibility index (Phi) is 6.87. The van der Waals surface area contributed by atoms with Crippen molar-refractivity contribution < 1.29 is 19.8 Å². The number of nitriles is 2. The second-order valence-corrected chi connectivity index (χ2v) is 4.60. The van der Waals surface area contributed by atoms with Crippen LogP contribution < -0.4 is 0 Å². The van der Waals surface area contributed by atoms with Crippen LogP contribution in [0, 0.1) is 28.6 Å². The molecule has 2 N–H and O–H groups in total. The fourth-order valence-corrected chi connectivity index (χ4v) is 1.30. The summed E-state index contributed by atoms with van der Waals surface area (Å²) in [6.45, 7) is 3.02. The number of carbonyl (C=O) groups is 2. The highest BCUT2D eigenvalue weighted by molar-refractivity contribution is 5.72. The van der Waals surface area contributed by atoms with Crippen LogP contribution in [-0.4, -0.2) is 33.7 Å². The molecule has 0 bridgehead atoms. The van der Waals surface area contributed by atoms with Crippen molar-refractivity contribution in [3.8, 4) is 12.1 Å². The Hall–Kier alpha value is -2.48. The van der Waals surface area contributed by atoms with Crippen molar-refractivity contribution in [3.05, 3.63) is 0 Å². The summed E-state index contributed by atoms with van der Waals surface area (Å²) >= 11 is 0. The number of azo groups is 1. The van der Waals surface area contributed by atoms with E-state index in [2.05, 4.69) is 10.2 Å². The Morgan fingerprint density at radius 2 is 1.95 bits per heavy atom. The molecule has 8 heteroatoms. The Morgan fingerprint density at radius 1 is 1.35 bits per heavy atom. The van der Waals surface area contributed by atoms with E-state index >= 15 is 0 Å². The third-order valence-electron chi connectivity index (χ3n) is 2.57. The van der Waals surface area contributed by atoms with Gasteiger partial charge in [-0.1, -0.05) is 0 Å². The quantitative estimate of drug-likeness (QED) is 0.645. The molecule has 0 aliphatic carbocycles. The summed E-state index contributed by atoms with van der Waals surface area (Å²) < 4.78 is 0. The molecule has 0 aromatic heterocycles. The average molecular weight is 280 g/mol. The molecule has 0 amide bonds. The lowest BCUT2D eigenvalue weighted by Crippen LogP contribution is -2.21. The normalized spacial score (nSPS) is 16.6. The zero-order valence-corrected chi connectivity index (χ0v) is 11.3. The molecule has 0 rings (SSSR count). The van der Waals surface area contributed by atoms with Crippen molar-refractivity contribution in [2.24, 2.45) is 16.1 Å². The van der Waals surface area contributed by atoms with E-state index < -0.39 is 29.4 Å². The Bertz CT molecular complexity index is 477. The number of hydrogen-bond acceptors (Lipinski definition) is 6. The number of aliphatic carboxylic acids is 2. The number of carboxylic acids is 2. The van der Waals surface area contributed by atoms with Crippen LogP contribution in [0.15, 0.2) is 10.2 Å². The van der Waals surface area contributed by atoms with Crippen LogP contribution in [0.3, 0.4) is 0 Å². The van der Waals surface area contributed by atoms with Crippen LogP contribution in [0.1, 0.15) is 33.1 Å². The first-order valence-corrected chi connectivity index (χ1v) is 5.91. The standard InChI is InChI=1S/C12H16N4O4/c1-8(5-9(6-13)11(19)20)15-16-12(2,7-14)4-3-10(17)18/h8-9H,3-5H2,1-2H3,(H,17,18)(H,19,20)/b16-15+. The fraction of sp³-hybridized carbons (Fsp3) is 0.667. The van der Waals surface area contributed by atoms with Crippen molar-refractivity contribution in [2.75, 3.05) is 0 Å². The van der Waals surface area contributed by atoms with E-state index in [4.69, 9.17) is 20.7 Å². The zero-order chi connectivity index (χ0) is 15.8. The predicted molar refractivity (Wildman–Crippen MR) is 66.6 cm³/mol. The van der Waals surface area contributed by atoms with Crippen molar-refractivity contribution in [3.63, 3.8) is 0 Å². The molecule has 3 atom stereocenters. The first-order chi connectivity index (χ1) is 9.24. The molecule has 0 radical (unpaired) electrons. The van der Waals surface area contributed by atoms with E-state index in [0.29, 0.717) is 0 Å². The van der Waals surface area contributed by atoms with Gasteiger partial charge < -0.3 is 10.2 Å². The maximum absolute atomic E-state index is 10.7. The zero-order valence-electron chi connectivity index (χ0n) is 11.3. The van der Waals surface area contributed by atoms with Crippen LogP contribution in [-0.2, 0) is 9.59 Å². The Balaban J connectivity index is 4.66. The summed E-state index contributed by atoms with van der Waals surface area (Å²) in [4.78, 5) is 21.2. The monoisotopic (exact) mass is 280 g/mol. The number of nitrogens with zero attached hydrogens (tertiary/aromatic N) is 4. The van der Waals surface area contributed by atoms with Crippen LogP contribution in [0.2, 0.25) is 0 Å². The average Bonchev–Trinajstić information content (AvgIpc) is 2.40. The number of rotatable bonds is 8. The summed E-state index contributed by atoms with van der Waals surface area (Å²) in [6, 6.07) is 2.97. The SMILES string of the molecule is CC(CC(C#N)C(=O)O)/N=N/C(C)(C#N)CCC(=O)O. The van der Waals surface area contributed by atoms with Gasteiger partial charge in [-0.2, -0.15) is 20.8 Å². The topological polar surface area (TPSA) is 147 Å². The van der Waals surface area contributed by atoms with Crippen LogP contribution in [0.25, 0.3) is 0 Å². The molecule has 108 valence electrons. The van der Waals surface area contributed by atoms with Crippen LogP contribution >= 0.6 is 0 Å². The number of hydrogen-bond donors (Lipinski definition) is 2. The molecule has 8 nitrogen and oxygen atoms in total. The van der Waals surface area contributed by atoms with Crippen molar-refractivity contribution in [2.45, 2.75) is 44.7 Å². The van der Waals surface area contributed by atoms with Crippen molar-refractivity contribution in [1.29, 1.82) is 10.5 Å². The molecule has 20 heavy (non-hydrogen) atoms. The highest BCUT2D eigenvalue weighted by Gasteiger charge is 2.25. The maximum atomic E-state index is 10.7. The van der Waals surface area contributed by atoms with Gasteiger partial charge in [-0.25, -0.2) is 0 Å².